The second-order valence-corrected chi connectivity index (χ2v) is 9.72. The minimum atomic E-state index is 0.0972. The molecule has 4 atom stereocenters. The Morgan fingerprint density at radius 2 is 1.19 bits per heavy atom. The molecule has 0 aromatic heterocycles. The zero-order valence-electron chi connectivity index (χ0n) is 18.3. The molecule has 0 radical (unpaired) electrons. The van der Waals surface area contributed by atoms with Crippen molar-refractivity contribution in [3.63, 3.8) is 0 Å². The molecule has 0 aromatic carbocycles. The number of hydrogen-bond donors (Lipinski definition) is 0. The summed E-state index contributed by atoms with van der Waals surface area (Å²) in [4.78, 5) is 0. The van der Waals surface area contributed by atoms with Crippen LogP contribution in [0, 0.1) is 80.8 Å². The average molecular weight is 370 g/mol. The molecule has 0 aromatic rings. The smallest absolute Gasteiger partial charge is 0.0692 e. The third-order valence-corrected chi connectivity index (χ3v) is 7.06. The first-order valence-corrected chi connectivity index (χ1v) is 10.9. The zero-order chi connectivity index (χ0) is 20.6. The van der Waals surface area contributed by atoms with Gasteiger partial charge in [-0.25, -0.2) is 0 Å². The summed E-state index contributed by atoms with van der Waals surface area (Å²) in [6.07, 6.45) is 8.34. The molecule has 0 heterocycles. The molecule has 4 unspecified atom stereocenters. The van der Waals surface area contributed by atoms with Crippen molar-refractivity contribution in [1.29, 1.82) is 15.8 Å². The molecule has 3 heteroatoms. The van der Waals surface area contributed by atoms with Crippen molar-refractivity contribution < 1.29 is 0 Å². The molecular weight excluding hydrogens is 330 g/mol. The van der Waals surface area contributed by atoms with Crippen LogP contribution in [0.5, 0.6) is 0 Å². The monoisotopic (exact) mass is 369 g/mol. The van der Waals surface area contributed by atoms with E-state index in [0.29, 0.717) is 41.4 Å². The van der Waals surface area contributed by atoms with Gasteiger partial charge in [0, 0.05) is 11.8 Å². The fraction of sp³-hybridized carbons (Fsp3) is 0.875. The molecule has 3 saturated carbocycles. The molecule has 3 fully saturated rings. The number of nitrogens with zero attached hydrogens (tertiary/aromatic N) is 3. The van der Waals surface area contributed by atoms with Crippen LogP contribution in [0.2, 0.25) is 0 Å². The lowest BCUT2D eigenvalue weighted by Gasteiger charge is -2.34. The Morgan fingerprint density at radius 1 is 0.704 bits per heavy atom. The molecule has 3 nitrogen and oxygen atoms in total. The number of rotatable bonds is 3. The fourth-order valence-corrected chi connectivity index (χ4v) is 4.38. The highest BCUT2D eigenvalue weighted by Gasteiger charge is 2.45. The van der Waals surface area contributed by atoms with Crippen LogP contribution < -0.4 is 0 Å². The van der Waals surface area contributed by atoms with Gasteiger partial charge >= 0.3 is 0 Å². The highest BCUT2D eigenvalue weighted by molar-refractivity contribution is 5.11. The summed E-state index contributed by atoms with van der Waals surface area (Å²) in [5, 5.41) is 25.9. The van der Waals surface area contributed by atoms with E-state index in [0.717, 1.165) is 25.7 Å². The normalized spacial score (nSPS) is 30.0. The van der Waals surface area contributed by atoms with Crippen molar-refractivity contribution in [3.8, 4) is 18.2 Å². The van der Waals surface area contributed by atoms with Gasteiger partial charge in [-0.15, -0.1) is 0 Å². The topological polar surface area (TPSA) is 71.4 Å². The molecule has 27 heavy (non-hydrogen) atoms. The van der Waals surface area contributed by atoms with Crippen molar-refractivity contribution in [2.24, 2.45) is 46.8 Å². The van der Waals surface area contributed by atoms with Gasteiger partial charge in [-0.05, 0) is 68.1 Å². The van der Waals surface area contributed by atoms with Gasteiger partial charge in [0.1, 0.15) is 0 Å². The minimum absolute atomic E-state index is 0.0972. The number of hydrogen-bond acceptors (Lipinski definition) is 3. The average Bonchev–Trinajstić information content (AvgIpc) is 3.24. The van der Waals surface area contributed by atoms with E-state index in [1.807, 2.05) is 0 Å². The predicted octanol–water partition coefficient (Wildman–Crippen LogP) is 6.72. The molecule has 150 valence electrons. The van der Waals surface area contributed by atoms with E-state index in [1.54, 1.807) is 0 Å². The van der Waals surface area contributed by atoms with Crippen LogP contribution in [-0.2, 0) is 0 Å². The Morgan fingerprint density at radius 3 is 1.37 bits per heavy atom. The molecule has 0 bridgehead atoms. The summed E-state index contributed by atoms with van der Waals surface area (Å²) < 4.78 is 0. The summed E-state index contributed by atoms with van der Waals surface area (Å²) in [5.41, 5.74) is 0.0972. The van der Waals surface area contributed by atoms with Gasteiger partial charge in [0.15, 0.2) is 0 Å². The summed E-state index contributed by atoms with van der Waals surface area (Å²) in [6.45, 7) is 13.1. The van der Waals surface area contributed by atoms with Crippen LogP contribution in [0.25, 0.3) is 0 Å². The van der Waals surface area contributed by atoms with Crippen LogP contribution in [0.15, 0.2) is 0 Å². The lowest BCUT2D eigenvalue weighted by atomic mass is 9.69. The van der Waals surface area contributed by atoms with E-state index >= 15 is 0 Å². The van der Waals surface area contributed by atoms with Crippen molar-refractivity contribution in [2.45, 2.75) is 86.5 Å². The highest BCUT2D eigenvalue weighted by atomic mass is 14.5. The first kappa shape index (κ1) is 23.5. The van der Waals surface area contributed by atoms with E-state index in [2.05, 4.69) is 59.8 Å². The molecule has 3 rings (SSSR count). The molecule has 3 aliphatic rings. The minimum Gasteiger partial charge on any atom is -0.198 e. The quantitative estimate of drug-likeness (QED) is 0.554. The Labute approximate surface area is 167 Å². The van der Waals surface area contributed by atoms with Gasteiger partial charge in [-0.1, -0.05) is 48.0 Å². The molecule has 0 spiro atoms. The molecule has 0 N–H and O–H groups in total. The Balaban J connectivity index is 0.000000204. The SMILES string of the molecule is CC(C)C1(C#N)CC1.CC(C)C1CCC1C#N.CC(C)C1CCCC1C#N. The summed E-state index contributed by atoms with van der Waals surface area (Å²) in [6, 6.07) is 7.08. The van der Waals surface area contributed by atoms with Crippen LogP contribution in [-0.4, -0.2) is 0 Å². The van der Waals surface area contributed by atoms with E-state index in [9.17, 15) is 0 Å². The summed E-state index contributed by atoms with van der Waals surface area (Å²) in [7, 11) is 0. The van der Waals surface area contributed by atoms with Crippen molar-refractivity contribution in [3.05, 3.63) is 0 Å². The summed E-state index contributed by atoms with van der Waals surface area (Å²) >= 11 is 0. The Kier molecular flexibility index (Phi) is 9.33. The van der Waals surface area contributed by atoms with Crippen molar-refractivity contribution in [1.82, 2.24) is 0 Å². The Bertz CT molecular complexity index is 566. The van der Waals surface area contributed by atoms with Gasteiger partial charge in [0.2, 0.25) is 0 Å². The van der Waals surface area contributed by atoms with Crippen molar-refractivity contribution >= 4 is 0 Å². The molecular formula is C24H39N3. The van der Waals surface area contributed by atoms with Crippen LogP contribution in [0.1, 0.15) is 86.5 Å². The maximum Gasteiger partial charge on any atom is 0.0692 e. The molecule has 0 aliphatic heterocycles. The zero-order valence-corrected chi connectivity index (χ0v) is 18.3. The maximum absolute atomic E-state index is 8.74. The number of nitriles is 3. The lowest BCUT2D eigenvalue weighted by Crippen LogP contribution is -2.28. The molecule has 3 aliphatic carbocycles. The third-order valence-electron chi connectivity index (χ3n) is 7.06. The predicted molar refractivity (Wildman–Crippen MR) is 110 cm³/mol. The highest BCUT2D eigenvalue weighted by Crippen LogP contribution is 2.50. The van der Waals surface area contributed by atoms with Crippen LogP contribution in [0.4, 0.5) is 0 Å². The van der Waals surface area contributed by atoms with E-state index in [1.165, 1.54) is 19.3 Å². The van der Waals surface area contributed by atoms with E-state index in [4.69, 9.17) is 15.8 Å². The second kappa shape index (κ2) is 10.7. The van der Waals surface area contributed by atoms with E-state index in [-0.39, 0.29) is 5.41 Å². The second-order valence-electron chi connectivity index (χ2n) is 9.72. The molecule has 0 amide bonds. The lowest BCUT2D eigenvalue weighted by molar-refractivity contribution is 0.169. The van der Waals surface area contributed by atoms with Crippen LogP contribution in [0.3, 0.4) is 0 Å². The maximum atomic E-state index is 8.74. The van der Waals surface area contributed by atoms with Crippen molar-refractivity contribution in [2.75, 3.05) is 0 Å². The van der Waals surface area contributed by atoms with Gasteiger partial charge in [-0.3, -0.25) is 0 Å². The Hall–Kier alpha value is -1.53. The molecule has 0 saturated heterocycles. The van der Waals surface area contributed by atoms with Gasteiger partial charge in [-0.2, -0.15) is 15.8 Å². The van der Waals surface area contributed by atoms with Crippen LogP contribution >= 0.6 is 0 Å². The van der Waals surface area contributed by atoms with E-state index < -0.39 is 0 Å². The fourth-order valence-electron chi connectivity index (χ4n) is 4.38. The summed E-state index contributed by atoms with van der Waals surface area (Å²) in [5.74, 6) is 4.10. The standard InChI is InChI=1S/C9H15N.C8H13N.C7H11N/c1-7(2)9-5-3-4-8(9)6-10;1-6(2)8-4-3-7(8)5-9;1-6(2)7(5-8)3-4-7/h7-9H,3-5H2,1-2H3;6-8H,3-4H2,1-2H3;6H,3-4H2,1-2H3. The largest absolute Gasteiger partial charge is 0.198 e. The first-order valence-electron chi connectivity index (χ1n) is 10.9. The van der Waals surface area contributed by atoms with Gasteiger partial charge in [0.25, 0.3) is 0 Å². The van der Waals surface area contributed by atoms with Gasteiger partial charge in [0.05, 0.1) is 23.6 Å². The van der Waals surface area contributed by atoms with Gasteiger partial charge < -0.3 is 0 Å². The third kappa shape index (κ3) is 6.54. The first-order chi connectivity index (χ1) is 12.7.